The highest BCUT2D eigenvalue weighted by atomic mass is 16.5. The van der Waals surface area contributed by atoms with Gasteiger partial charge in [-0.1, -0.05) is 0 Å². The maximum atomic E-state index is 12.7. The van der Waals surface area contributed by atoms with Crippen LogP contribution in [0.5, 0.6) is 0 Å². The highest BCUT2D eigenvalue weighted by molar-refractivity contribution is 5.95. The van der Waals surface area contributed by atoms with Crippen molar-refractivity contribution in [3.8, 4) is 0 Å². The molecule has 29 heavy (non-hydrogen) atoms. The van der Waals surface area contributed by atoms with Crippen molar-refractivity contribution in [2.45, 2.75) is 32.2 Å². The molecule has 1 aromatic heterocycles. The fourth-order valence-corrected chi connectivity index (χ4v) is 4.35. The monoisotopic (exact) mass is 398 g/mol. The molecule has 2 aliphatic rings. The van der Waals surface area contributed by atoms with Crippen LogP contribution < -0.4 is 5.32 Å². The fourth-order valence-electron chi connectivity index (χ4n) is 4.35. The van der Waals surface area contributed by atoms with E-state index in [0.717, 1.165) is 61.9 Å². The number of hydrogen-bond donors (Lipinski definition) is 1. The van der Waals surface area contributed by atoms with Crippen molar-refractivity contribution in [2.24, 2.45) is 5.92 Å². The summed E-state index contributed by atoms with van der Waals surface area (Å²) in [5.41, 5.74) is 1.95. The summed E-state index contributed by atoms with van der Waals surface area (Å²) in [5, 5.41) is 4.17. The quantitative estimate of drug-likeness (QED) is 0.841. The van der Waals surface area contributed by atoms with Crippen LogP contribution in [0.2, 0.25) is 0 Å². The van der Waals surface area contributed by atoms with Gasteiger partial charge < -0.3 is 24.4 Å². The Bertz CT molecular complexity index is 864. The van der Waals surface area contributed by atoms with Gasteiger partial charge >= 0.3 is 6.03 Å². The zero-order chi connectivity index (χ0) is 20.2. The predicted octanol–water partition coefficient (Wildman–Crippen LogP) is 3.15. The van der Waals surface area contributed by atoms with E-state index < -0.39 is 0 Å². The van der Waals surface area contributed by atoms with E-state index in [1.165, 1.54) is 0 Å². The number of carbonyl (C=O) groups excluding carboxylic acids is 2. The average molecular weight is 399 g/mol. The molecule has 0 radical (unpaired) electrons. The molecule has 2 aromatic rings. The van der Waals surface area contributed by atoms with Gasteiger partial charge in [0.15, 0.2) is 0 Å². The van der Waals surface area contributed by atoms with Crippen LogP contribution in [-0.2, 0) is 16.1 Å². The Morgan fingerprint density at radius 1 is 1.07 bits per heavy atom. The lowest BCUT2D eigenvalue weighted by molar-refractivity contribution is -0.121. The van der Waals surface area contributed by atoms with Gasteiger partial charge in [0.2, 0.25) is 5.91 Å². The number of carbonyl (C=O) groups is 2. The largest absolute Gasteiger partial charge is 0.383 e. The molecule has 2 saturated heterocycles. The normalized spacial score (nSPS) is 17.8. The molecule has 7 nitrogen and oxygen atoms in total. The summed E-state index contributed by atoms with van der Waals surface area (Å²) in [6, 6.07) is 8.21. The number of fused-ring (bicyclic) bond motifs is 1. The first-order valence-corrected chi connectivity index (χ1v) is 10.6. The highest BCUT2D eigenvalue weighted by Crippen LogP contribution is 2.24. The van der Waals surface area contributed by atoms with Gasteiger partial charge in [-0.2, -0.15) is 0 Å². The van der Waals surface area contributed by atoms with Crippen LogP contribution in [0.25, 0.3) is 10.9 Å². The first-order chi connectivity index (χ1) is 14.2. The van der Waals surface area contributed by atoms with Crippen molar-refractivity contribution in [2.75, 3.05) is 45.2 Å². The second-order valence-corrected chi connectivity index (χ2v) is 8.00. The molecule has 1 N–H and O–H groups in total. The molecule has 3 heterocycles. The molecule has 156 valence electrons. The lowest BCUT2D eigenvalue weighted by Gasteiger charge is -2.34. The van der Waals surface area contributed by atoms with Crippen LogP contribution in [0.3, 0.4) is 0 Å². The van der Waals surface area contributed by atoms with E-state index in [1.807, 2.05) is 34.2 Å². The van der Waals surface area contributed by atoms with E-state index in [2.05, 4.69) is 16.0 Å². The van der Waals surface area contributed by atoms with E-state index in [-0.39, 0.29) is 17.9 Å². The number of likely N-dealkylation sites (tertiary alicyclic amines) is 2. The molecular weight excluding hydrogens is 368 g/mol. The summed E-state index contributed by atoms with van der Waals surface area (Å²) >= 11 is 0. The van der Waals surface area contributed by atoms with Crippen LogP contribution in [0.4, 0.5) is 10.5 Å². The number of aromatic nitrogens is 1. The molecule has 0 atom stereocenters. The zero-order valence-corrected chi connectivity index (χ0v) is 17.1. The minimum atomic E-state index is -0.0420. The third-order valence-corrected chi connectivity index (χ3v) is 6.09. The van der Waals surface area contributed by atoms with Gasteiger partial charge in [-0.25, -0.2) is 4.79 Å². The van der Waals surface area contributed by atoms with E-state index in [4.69, 9.17) is 4.74 Å². The summed E-state index contributed by atoms with van der Waals surface area (Å²) in [4.78, 5) is 29.1. The Kier molecular flexibility index (Phi) is 6.04. The summed E-state index contributed by atoms with van der Waals surface area (Å²) in [6.45, 7) is 4.54. The smallest absolute Gasteiger partial charge is 0.319 e. The van der Waals surface area contributed by atoms with Gasteiger partial charge in [0.05, 0.1) is 6.61 Å². The van der Waals surface area contributed by atoms with Crippen LogP contribution in [0.15, 0.2) is 30.5 Å². The number of methoxy groups -OCH3 is 1. The maximum Gasteiger partial charge on any atom is 0.319 e. The Labute approximate surface area is 171 Å². The Hall–Kier alpha value is -2.54. The number of nitrogens with one attached hydrogen (secondary N) is 1. The van der Waals surface area contributed by atoms with E-state index in [9.17, 15) is 9.59 Å². The number of nitrogens with zero attached hydrogens (tertiary/aromatic N) is 3. The van der Waals surface area contributed by atoms with Crippen LogP contribution in [-0.4, -0.2) is 66.2 Å². The van der Waals surface area contributed by atoms with Gasteiger partial charge in [0.25, 0.3) is 0 Å². The zero-order valence-electron chi connectivity index (χ0n) is 17.1. The molecular formula is C22H30N4O3. The number of amides is 3. The number of benzene rings is 1. The molecule has 1 aromatic carbocycles. The van der Waals surface area contributed by atoms with Crippen molar-refractivity contribution < 1.29 is 14.3 Å². The lowest BCUT2D eigenvalue weighted by atomic mass is 9.96. The lowest BCUT2D eigenvalue weighted by Crippen LogP contribution is -2.47. The summed E-state index contributed by atoms with van der Waals surface area (Å²) in [6.07, 6.45) is 5.69. The van der Waals surface area contributed by atoms with Crippen molar-refractivity contribution in [3.05, 3.63) is 30.5 Å². The van der Waals surface area contributed by atoms with Crippen molar-refractivity contribution in [3.63, 3.8) is 0 Å². The van der Waals surface area contributed by atoms with Crippen LogP contribution in [0.1, 0.15) is 25.7 Å². The van der Waals surface area contributed by atoms with Gasteiger partial charge in [0.1, 0.15) is 0 Å². The number of urea groups is 1. The van der Waals surface area contributed by atoms with Gasteiger partial charge in [-0.05, 0) is 49.9 Å². The number of hydrogen-bond acceptors (Lipinski definition) is 3. The van der Waals surface area contributed by atoms with Crippen molar-refractivity contribution in [1.29, 1.82) is 0 Å². The van der Waals surface area contributed by atoms with E-state index in [0.29, 0.717) is 19.7 Å². The molecule has 7 heteroatoms. The molecule has 3 amide bonds. The third-order valence-electron chi connectivity index (χ3n) is 6.09. The average Bonchev–Trinajstić information content (AvgIpc) is 3.42. The third kappa shape index (κ3) is 4.40. The Morgan fingerprint density at radius 3 is 2.52 bits per heavy atom. The second-order valence-electron chi connectivity index (χ2n) is 8.00. The van der Waals surface area contributed by atoms with E-state index >= 15 is 0 Å². The van der Waals surface area contributed by atoms with Crippen LogP contribution in [0, 0.1) is 5.92 Å². The molecule has 0 unspecified atom stereocenters. The van der Waals surface area contributed by atoms with E-state index in [1.54, 1.807) is 7.11 Å². The molecule has 2 aliphatic heterocycles. The van der Waals surface area contributed by atoms with Crippen molar-refractivity contribution >= 4 is 28.5 Å². The summed E-state index contributed by atoms with van der Waals surface area (Å²) in [5.74, 6) is 0.0102. The number of rotatable bonds is 5. The predicted molar refractivity (Wildman–Crippen MR) is 113 cm³/mol. The first kappa shape index (κ1) is 19.8. The molecule has 4 rings (SSSR count). The summed E-state index contributed by atoms with van der Waals surface area (Å²) < 4.78 is 7.30. The van der Waals surface area contributed by atoms with Crippen LogP contribution >= 0.6 is 0 Å². The Balaban J connectivity index is 1.32. The van der Waals surface area contributed by atoms with Crippen molar-refractivity contribution in [1.82, 2.24) is 14.4 Å². The second kappa shape index (κ2) is 8.86. The maximum absolute atomic E-state index is 12.7. The topological polar surface area (TPSA) is 66.8 Å². The minimum absolute atomic E-state index is 0.0420. The highest BCUT2D eigenvalue weighted by Gasteiger charge is 2.30. The summed E-state index contributed by atoms with van der Waals surface area (Å²) in [7, 11) is 1.70. The van der Waals surface area contributed by atoms with Gasteiger partial charge in [0, 0.05) is 68.5 Å². The molecule has 2 fully saturated rings. The van der Waals surface area contributed by atoms with Gasteiger partial charge in [-0.3, -0.25) is 4.79 Å². The standard InChI is InChI=1S/C22H30N4O3/c1-29-15-14-24-11-8-18-16-19(4-5-20(18)24)23-21(27)17-6-12-26(13-7-17)22(28)25-9-2-3-10-25/h4-5,8,11,16-17H,2-3,6-7,9-10,12-15H2,1H3,(H,23,27). The first-order valence-electron chi connectivity index (χ1n) is 10.6. The molecule has 0 saturated carbocycles. The fraction of sp³-hybridized carbons (Fsp3) is 0.545. The minimum Gasteiger partial charge on any atom is -0.383 e. The van der Waals surface area contributed by atoms with Gasteiger partial charge in [-0.15, -0.1) is 0 Å². The Morgan fingerprint density at radius 2 is 1.79 bits per heavy atom. The molecule has 0 bridgehead atoms. The SMILES string of the molecule is COCCn1ccc2cc(NC(=O)C3CCN(C(=O)N4CCCC4)CC3)ccc21. The number of anilines is 1. The number of ether oxygens (including phenoxy) is 1. The molecule has 0 spiro atoms. The molecule has 0 aliphatic carbocycles. The number of piperidine rings is 1.